The summed E-state index contributed by atoms with van der Waals surface area (Å²) in [5.74, 6) is 0.170. The van der Waals surface area contributed by atoms with Crippen LogP contribution in [0.5, 0.6) is 0 Å². The SMILES string of the molecule is Cc1ccc(-n2nnc(C(=O)N3CCCC3)c2N)cc1. The normalized spacial score (nSPS) is 14.8. The van der Waals surface area contributed by atoms with Gasteiger partial charge in [-0.3, -0.25) is 4.79 Å². The molecule has 6 heteroatoms. The maximum atomic E-state index is 12.3. The molecule has 1 aliphatic heterocycles. The number of carbonyl (C=O) groups is 1. The minimum absolute atomic E-state index is 0.127. The van der Waals surface area contributed by atoms with Crippen LogP contribution < -0.4 is 5.73 Å². The second-order valence-electron chi connectivity index (χ2n) is 5.07. The Hall–Kier alpha value is -2.37. The first-order valence-electron chi connectivity index (χ1n) is 6.74. The maximum absolute atomic E-state index is 12.3. The summed E-state index contributed by atoms with van der Waals surface area (Å²) in [7, 11) is 0. The van der Waals surface area contributed by atoms with E-state index in [2.05, 4.69) is 10.3 Å². The fourth-order valence-corrected chi connectivity index (χ4v) is 2.39. The van der Waals surface area contributed by atoms with Gasteiger partial charge in [-0.2, -0.15) is 4.68 Å². The number of nitrogen functional groups attached to an aromatic ring is 1. The van der Waals surface area contributed by atoms with Crippen molar-refractivity contribution in [2.75, 3.05) is 18.8 Å². The van der Waals surface area contributed by atoms with Gasteiger partial charge >= 0.3 is 0 Å². The zero-order chi connectivity index (χ0) is 14.1. The predicted octanol–water partition coefficient (Wildman–Crippen LogP) is 1.39. The Morgan fingerprint density at radius 1 is 1.20 bits per heavy atom. The minimum Gasteiger partial charge on any atom is -0.382 e. The van der Waals surface area contributed by atoms with Crippen LogP contribution in [0.15, 0.2) is 24.3 Å². The Balaban J connectivity index is 1.92. The van der Waals surface area contributed by atoms with Crippen LogP contribution in [0.1, 0.15) is 28.9 Å². The molecule has 0 saturated carbocycles. The molecule has 3 rings (SSSR count). The lowest BCUT2D eigenvalue weighted by molar-refractivity contribution is 0.0788. The molecule has 0 aliphatic carbocycles. The number of nitrogens with zero attached hydrogens (tertiary/aromatic N) is 4. The van der Waals surface area contributed by atoms with Crippen LogP contribution in [0.3, 0.4) is 0 Å². The molecule has 2 heterocycles. The van der Waals surface area contributed by atoms with Gasteiger partial charge < -0.3 is 10.6 Å². The predicted molar refractivity (Wildman–Crippen MR) is 75.6 cm³/mol. The highest BCUT2D eigenvalue weighted by atomic mass is 16.2. The van der Waals surface area contributed by atoms with Gasteiger partial charge in [-0.1, -0.05) is 22.9 Å². The van der Waals surface area contributed by atoms with Crippen LogP contribution in [-0.2, 0) is 0 Å². The van der Waals surface area contributed by atoms with Gasteiger partial charge in [-0.25, -0.2) is 0 Å². The molecule has 1 aliphatic rings. The first-order valence-corrected chi connectivity index (χ1v) is 6.74. The van der Waals surface area contributed by atoms with Crippen molar-refractivity contribution in [1.29, 1.82) is 0 Å². The second-order valence-corrected chi connectivity index (χ2v) is 5.07. The molecule has 0 spiro atoms. The Morgan fingerprint density at radius 3 is 2.50 bits per heavy atom. The summed E-state index contributed by atoms with van der Waals surface area (Å²) in [6, 6.07) is 7.76. The molecule has 2 N–H and O–H groups in total. The van der Waals surface area contributed by atoms with Crippen molar-refractivity contribution in [2.45, 2.75) is 19.8 Å². The number of benzene rings is 1. The summed E-state index contributed by atoms with van der Waals surface area (Å²) >= 11 is 0. The van der Waals surface area contributed by atoms with Crippen molar-refractivity contribution in [3.05, 3.63) is 35.5 Å². The topological polar surface area (TPSA) is 77.0 Å². The lowest BCUT2D eigenvalue weighted by Gasteiger charge is -2.13. The largest absolute Gasteiger partial charge is 0.382 e. The molecule has 2 aromatic rings. The molecule has 1 fully saturated rings. The average Bonchev–Trinajstić information content (AvgIpc) is 3.09. The molecule has 0 radical (unpaired) electrons. The monoisotopic (exact) mass is 271 g/mol. The quantitative estimate of drug-likeness (QED) is 0.895. The fourth-order valence-electron chi connectivity index (χ4n) is 2.39. The van der Waals surface area contributed by atoms with Crippen molar-refractivity contribution < 1.29 is 4.79 Å². The maximum Gasteiger partial charge on any atom is 0.278 e. The van der Waals surface area contributed by atoms with E-state index in [1.165, 1.54) is 4.68 Å². The highest BCUT2D eigenvalue weighted by molar-refractivity contribution is 5.96. The standard InChI is InChI=1S/C14H17N5O/c1-10-4-6-11(7-5-10)19-13(15)12(16-17-19)14(20)18-8-2-3-9-18/h4-7H,2-3,8-9,15H2,1H3. The van der Waals surface area contributed by atoms with E-state index in [4.69, 9.17) is 5.73 Å². The number of hydrogen-bond donors (Lipinski definition) is 1. The first kappa shape index (κ1) is 12.7. The molecule has 1 aromatic carbocycles. The van der Waals surface area contributed by atoms with Gasteiger partial charge in [0.15, 0.2) is 11.5 Å². The lowest BCUT2D eigenvalue weighted by atomic mass is 10.2. The molecule has 0 unspecified atom stereocenters. The zero-order valence-corrected chi connectivity index (χ0v) is 11.4. The fraction of sp³-hybridized carbons (Fsp3) is 0.357. The number of aromatic nitrogens is 3. The number of likely N-dealkylation sites (tertiary alicyclic amines) is 1. The molecular formula is C14H17N5O. The number of amides is 1. The molecule has 104 valence electrons. The number of carbonyl (C=O) groups excluding carboxylic acids is 1. The summed E-state index contributed by atoms with van der Waals surface area (Å²) in [6.45, 7) is 3.56. The number of nitrogens with two attached hydrogens (primary N) is 1. The summed E-state index contributed by atoms with van der Waals surface area (Å²) in [4.78, 5) is 14.1. The van der Waals surface area contributed by atoms with Crippen molar-refractivity contribution in [3.63, 3.8) is 0 Å². The van der Waals surface area contributed by atoms with Crippen LogP contribution in [0.25, 0.3) is 5.69 Å². The third-order valence-corrected chi connectivity index (χ3v) is 3.58. The average molecular weight is 271 g/mol. The Labute approximate surface area is 117 Å². The Bertz CT molecular complexity index is 626. The molecule has 0 atom stereocenters. The number of hydrogen-bond acceptors (Lipinski definition) is 4. The van der Waals surface area contributed by atoms with Crippen LogP contribution in [0, 0.1) is 6.92 Å². The molecule has 0 bridgehead atoms. The number of anilines is 1. The molecule has 6 nitrogen and oxygen atoms in total. The number of aryl methyl sites for hydroxylation is 1. The third kappa shape index (κ3) is 2.13. The highest BCUT2D eigenvalue weighted by Gasteiger charge is 2.25. The summed E-state index contributed by atoms with van der Waals surface area (Å²) in [5.41, 5.74) is 8.24. The Morgan fingerprint density at radius 2 is 1.85 bits per heavy atom. The summed E-state index contributed by atoms with van der Waals surface area (Å²) in [6.07, 6.45) is 2.08. The van der Waals surface area contributed by atoms with Gasteiger partial charge in [0.1, 0.15) is 0 Å². The van der Waals surface area contributed by atoms with Crippen LogP contribution >= 0.6 is 0 Å². The van der Waals surface area contributed by atoms with Gasteiger partial charge in [-0.05, 0) is 31.9 Å². The van der Waals surface area contributed by atoms with Crippen molar-refractivity contribution >= 4 is 11.7 Å². The van der Waals surface area contributed by atoms with Gasteiger partial charge in [0.2, 0.25) is 0 Å². The molecule has 1 saturated heterocycles. The van der Waals surface area contributed by atoms with E-state index in [0.29, 0.717) is 5.82 Å². The van der Waals surface area contributed by atoms with Gasteiger partial charge in [0.05, 0.1) is 5.69 Å². The van der Waals surface area contributed by atoms with E-state index in [-0.39, 0.29) is 11.6 Å². The molecule has 1 amide bonds. The zero-order valence-electron chi connectivity index (χ0n) is 11.4. The number of rotatable bonds is 2. The van der Waals surface area contributed by atoms with Crippen LogP contribution in [0.4, 0.5) is 5.82 Å². The van der Waals surface area contributed by atoms with Gasteiger partial charge in [0, 0.05) is 13.1 Å². The lowest BCUT2D eigenvalue weighted by Crippen LogP contribution is -2.28. The molecule has 20 heavy (non-hydrogen) atoms. The van der Waals surface area contributed by atoms with Crippen LogP contribution in [-0.4, -0.2) is 38.9 Å². The van der Waals surface area contributed by atoms with Crippen LogP contribution in [0.2, 0.25) is 0 Å². The smallest absolute Gasteiger partial charge is 0.278 e. The first-order chi connectivity index (χ1) is 9.66. The van der Waals surface area contributed by atoms with Crippen molar-refractivity contribution in [2.24, 2.45) is 0 Å². The van der Waals surface area contributed by atoms with E-state index in [1.807, 2.05) is 31.2 Å². The molecular weight excluding hydrogens is 254 g/mol. The van der Waals surface area contributed by atoms with Crippen molar-refractivity contribution in [3.8, 4) is 5.69 Å². The third-order valence-electron chi connectivity index (χ3n) is 3.58. The molecule has 1 aromatic heterocycles. The van der Waals surface area contributed by atoms with Gasteiger partial charge in [0.25, 0.3) is 5.91 Å². The van der Waals surface area contributed by atoms with E-state index in [1.54, 1.807) is 4.90 Å². The minimum atomic E-state index is -0.127. The second kappa shape index (κ2) is 4.96. The summed E-state index contributed by atoms with van der Waals surface area (Å²) in [5, 5.41) is 7.96. The summed E-state index contributed by atoms with van der Waals surface area (Å²) < 4.78 is 1.50. The van der Waals surface area contributed by atoms with E-state index >= 15 is 0 Å². The van der Waals surface area contributed by atoms with E-state index in [0.717, 1.165) is 37.2 Å². The van der Waals surface area contributed by atoms with Crippen molar-refractivity contribution in [1.82, 2.24) is 19.9 Å². The Kier molecular flexibility index (Phi) is 3.14. The highest BCUT2D eigenvalue weighted by Crippen LogP contribution is 2.19. The van der Waals surface area contributed by atoms with Gasteiger partial charge in [-0.15, -0.1) is 5.10 Å². The van der Waals surface area contributed by atoms with E-state index in [9.17, 15) is 4.79 Å². The van der Waals surface area contributed by atoms with E-state index < -0.39 is 0 Å².